The van der Waals surface area contributed by atoms with Crippen LogP contribution in [0.3, 0.4) is 0 Å². The molecule has 7 nitrogen and oxygen atoms in total. The van der Waals surface area contributed by atoms with Crippen LogP contribution in [-0.4, -0.2) is 58.8 Å². The van der Waals surface area contributed by atoms with Crippen molar-refractivity contribution in [2.75, 3.05) is 37.0 Å². The van der Waals surface area contributed by atoms with Gasteiger partial charge in [-0.25, -0.2) is 0 Å². The molecular formula is C17H29N5O2S. The van der Waals surface area contributed by atoms with E-state index in [1.54, 1.807) is 0 Å². The summed E-state index contributed by atoms with van der Waals surface area (Å²) < 4.78 is 7.49. The molecule has 2 atom stereocenters. The van der Waals surface area contributed by atoms with Crippen molar-refractivity contribution in [1.29, 1.82) is 0 Å². The van der Waals surface area contributed by atoms with E-state index in [1.807, 2.05) is 0 Å². The van der Waals surface area contributed by atoms with E-state index in [9.17, 15) is 4.79 Å². The van der Waals surface area contributed by atoms with Gasteiger partial charge in [-0.05, 0) is 25.7 Å². The number of hydrogen-bond acceptors (Lipinski definition) is 6. The lowest BCUT2D eigenvalue weighted by Gasteiger charge is -2.29. The summed E-state index contributed by atoms with van der Waals surface area (Å²) in [4.78, 5) is 14.5. The van der Waals surface area contributed by atoms with Crippen molar-refractivity contribution in [2.24, 2.45) is 5.92 Å². The molecule has 1 N–H and O–H groups in total. The molecule has 1 aliphatic carbocycles. The fourth-order valence-electron chi connectivity index (χ4n) is 3.57. The molecule has 1 saturated carbocycles. The number of nitrogens with zero attached hydrogens (tertiary/aromatic N) is 4. The molecule has 1 amide bonds. The van der Waals surface area contributed by atoms with Crippen LogP contribution < -0.4 is 10.2 Å². The van der Waals surface area contributed by atoms with E-state index < -0.39 is 0 Å². The van der Waals surface area contributed by atoms with Crippen molar-refractivity contribution in [3.63, 3.8) is 0 Å². The largest absolute Gasteiger partial charge is 0.378 e. The predicted octanol–water partition coefficient (Wildman–Crippen LogP) is 1.92. The number of ether oxygens (including phenoxy) is 1. The van der Waals surface area contributed by atoms with Crippen molar-refractivity contribution in [3.8, 4) is 0 Å². The van der Waals surface area contributed by atoms with Crippen molar-refractivity contribution in [3.05, 3.63) is 0 Å². The minimum Gasteiger partial charge on any atom is -0.378 e. The van der Waals surface area contributed by atoms with Gasteiger partial charge < -0.3 is 15.0 Å². The summed E-state index contributed by atoms with van der Waals surface area (Å²) in [5, 5.41) is 12.7. The van der Waals surface area contributed by atoms with Gasteiger partial charge >= 0.3 is 0 Å². The van der Waals surface area contributed by atoms with Gasteiger partial charge in [-0.3, -0.25) is 9.36 Å². The maximum Gasteiger partial charge on any atom is 0.230 e. The van der Waals surface area contributed by atoms with Gasteiger partial charge in [0, 0.05) is 25.7 Å². The summed E-state index contributed by atoms with van der Waals surface area (Å²) in [5.74, 6) is 1.96. The summed E-state index contributed by atoms with van der Waals surface area (Å²) >= 11 is 1.47. The van der Waals surface area contributed by atoms with Crippen LogP contribution in [0.1, 0.15) is 39.5 Å². The molecule has 0 unspecified atom stereocenters. The van der Waals surface area contributed by atoms with Gasteiger partial charge in [-0.15, -0.1) is 10.2 Å². The summed E-state index contributed by atoms with van der Waals surface area (Å²) in [7, 11) is 0. The highest BCUT2D eigenvalue weighted by atomic mass is 32.2. The molecule has 1 aromatic heterocycles. The van der Waals surface area contributed by atoms with Crippen LogP contribution in [0.25, 0.3) is 0 Å². The standard InChI is InChI=1S/C17H29N5O2S/c1-3-22-16(21-8-10-24-11-9-21)19-20-17(22)25-12-15(23)18-14-7-5-4-6-13(14)2/h13-14H,3-12H2,1-2H3,(H,18,23)/t13-,14+/m1/s1. The van der Waals surface area contributed by atoms with Gasteiger partial charge in [0.25, 0.3) is 0 Å². The molecule has 2 heterocycles. The minimum absolute atomic E-state index is 0.0994. The average molecular weight is 368 g/mol. The number of rotatable bonds is 6. The van der Waals surface area contributed by atoms with E-state index >= 15 is 0 Å². The highest BCUT2D eigenvalue weighted by molar-refractivity contribution is 7.99. The fourth-order valence-corrected chi connectivity index (χ4v) is 4.38. The van der Waals surface area contributed by atoms with Gasteiger partial charge in [0.2, 0.25) is 11.9 Å². The Kier molecular flexibility index (Phi) is 6.58. The summed E-state index contributed by atoms with van der Waals surface area (Å²) in [6.45, 7) is 8.23. The summed E-state index contributed by atoms with van der Waals surface area (Å²) in [6, 6.07) is 0.329. The Hall–Kier alpha value is -1.28. The molecule has 3 rings (SSSR count). The highest BCUT2D eigenvalue weighted by Gasteiger charge is 2.24. The molecule has 0 spiro atoms. The number of morpholine rings is 1. The Morgan fingerprint density at radius 2 is 2.04 bits per heavy atom. The van der Waals surface area contributed by atoms with Gasteiger partial charge in [0.15, 0.2) is 5.16 Å². The van der Waals surface area contributed by atoms with Crippen molar-refractivity contribution < 1.29 is 9.53 Å². The molecule has 1 aromatic rings. The fraction of sp³-hybridized carbons (Fsp3) is 0.824. The SMILES string of the molecule is CCn1c(SCC(=O)N[C@H]2CCCC[C@H]2C)nnc1N1CCOCC1. The first kappa shape index (κ1) is 18.5. The number of aromatic nitrogens is 3. The zero-order chi connectivity index (χ0) is 17.6. The monoisotopic (exact) mass is 367 g/mol. The molecule has 1 saturated heterocycles. The Morgan fingerprint density at radius 1 is 1.28 bits per heavy atom. The number of carbonyl (C=O) groups excluding carboxylic acids is 1. The topological polar surface area (TPSA) is 72.3 Å². The van der Waals surface area contributed by atoms with Crippen molar-refractivity contribution in [1.82, 2.24) is 20.1 Å². The second-order valence-corrected chi connectivity index (χ2v) is 7.79. The van der Waals surface area contributed by atoms with Crippen LogP contribution in [-0.2, 0) is 16.1 Å². The number of anilines is 1. The lowest BCUT2D eigenvalue weighted by atomic mass is 9.86. The Labute approximate surface area is 153 Å². The van der Waals surface area contributed by atoms with Gasteiger partial charge in [0.05, 0.1) is 19.0 Å². The van der Waals surface area contributed by atoms with Crippen LogP contribution in [0.15, 0.2) is 5.16 Å². The molecule has 2 aliphatic rings. The molecule has 2 fully saturated rings. The Morgan fingerprint density at radius 3 is 2.76 bits per heavy atom. The zero-order valence-electron chi connectivity index (χ0n) is 15.2. The molecular weight excluding hydrogens is 338 g/mol. The van der Waals surface area contributed by atoms with E-state index in [2.05, 4.69) is 38.8 Å². The van der Waals surface area contributed by atoms with E-state index in [1.165, 1.54) is 31.0 Å². The van der Waals surface area contributed by atoms with Crippen LogP contribution in [0, 0.1) is 5.92 Å². The first-order chi connectivity index (χ1) is 12.2. The Balaban J connectivity index is 1.55. The smallest absolute Gasteiger partial charge is 0.230 e. The second kappa shape index (κ2) is 8.89. The number of amides is 1. The maximum absolute atomic E-state index is 12.3. The lowest BCUT2D eigenvalue weighted by Crippen LogP contribution is -2.41. The molecule has 25 heavy (non-hydrogen) atoms. The van der Waals surface area contributed by atoms with Crippen LogP contribution in [0.2, 0.25) is 0 Å². The third kappa shape index (κ3) is 4.67. The number of thioether (sulfide) groups is 1. The number of carbonyl (C=O) groups is 1. The summed E-state index contributed by atoms with van der Waals surface area (Å²) in [6.07, 6.45) is 4.82. The van der Waals surface area contributed by atoms with E-state index in [0.717, 1.165) is 50.4 Å². The predicted molar refractivity (Wildman–Crippen MR) is 99.0 cm³/mol. The first-order valence-corrected chi connectivity index (χ1v) is 10.4. The van der Waals surface area contributed by atoms with E-state index in [4.69, 9.17) is 4.74 Å². The van der Waals surface area contributed by atoms with Gasteiger partial charge in [-0.2, -0.15) is 0 Å². The number of hydrogen-bond donors (Lipinski definition) is 1. The lowest BCUT2D eigenvalue weighted by molar-refractivity contribution is -0.119. The van der Waals surface area contributed by atoms with Crippen molar-refractivity contribution in [2.45, 2.75) is 57.3 Å². The third-order valence-corrected chi connectivity index (χ3v) is 6.06. The minimum atomic E-state index is 0.0994. The molecule has 1 aliphatic heterocycles. The molecule has 8 heteroatoms. The van der Waals surface area contributed by atoms with Crippen LogP contribution in [0.4, 0.5) is 5.95 Å². The first-order valence-electron chi connectivity index (χ1n) is 9.37. The van der Waals surface area contributed by atoms with E-state index in [-0.39, 0.29) is 5.91 Å². The molecule has 140 valence electrons. The Bertz CT molecular complexity index is 573. The quantitative estimate of drug-likeness (QED) is 0.775. The maximum atomic E-state index is 12.3. The van der Waals surface area contributed by atoms with Crippen LogP contribution in [0.5, 0.6) is 0 Å². The van der Waals surface area contributed by atoms with Crippen molar-refractivity contribution >= 4 is 23.6 Å². The molecule has 0 radical (unpaired) electrons. The third-order valence-electron chi connectivity index (χ3n) is 5.10. The van der Waals surface area contributed by atoms with Gasteiger partial charge in [0.1, 0.15) is 0 Å². The normalized spacial score (nSPS) is 24.3. The summed E-state index contributed by atoms with van der Waals surface area (Å²) in [5.41, 5.74) is 0. The van der Waals surface area contributed by atoms with Gasteiger partial charge in [-0.1, -0.05) is 31.5 Å². The van der Waals surface area contributed by atoms with Crippen LogP contribution >= 0.6 is 11.8 Å². The highest BCUT2D eigenvalue weighted by Crippen LogP contribution is 2.25. The molecule has 0 aromatic carbocycles. The number of nitrogens with one attached hydrogen (secondary N) is 1. The zero-order valence-corrected chi connectivity index (χ0v) is 16.1. The second-order valence-electron chi connectivity index (χ2n) is 6.85. The van der Waals surface area contributed by atoms with E-state index in [0.29, 0.717) is 17.7 Å². The molecule has 0 bridgehead atoms. The average Bonchev–Trinajstić information content (AvgIpc) is 3.05.